The number of nitrogens with zero attached hydrogens (tertiary/aromatic N) is 2. The molecule has 3 atom stereocenters. The molecule has 0 saturated carbocycles. The van der Waals surface area contributed by atoms with Crippen LogP contribution in [-0.4, -0.2) is 87.5 Å². The molecule has 3 unspecified atom stereocenters. The molecular formula is C31H44N4O7S. The lowest BCUT2D eigenvalue weighted by Crippen LogP contribution is -2.54. The number of alkyl carbamates (subject to hydrolysis) is 1. The zero-order valence-corrected chi connectivity index (χ0v) is 25.8. The van der Waals surface area contributed by atoms with Crippen molar-refractivity contribution in [2.24, 2.45) is 5.92 Å². The maximum atomic E-state index is 13.9. The van der Waals surface area contributed by atoms with Crippen LogP contribution < -0.4 is 11.1 Å². The van der Waals surface area contributed by atoms with E-state index in [1.54, 1.807) is 4.90 Å². The molecule has 2 saturated heterocycles. The number of piperidine rings is 1. The Bertz CT molecular complexity index is 1280. The molecule has 0 spiro atoms. The Morgan fingerprint density at radius 3 is 2.37 bits per heavy atom. The fraction of sp³-hybridized carbons (Fsp3) is 0.548. The van der Waals surface area contributed by atoms with E-state index in [9.17, 15) is 18.0 Å². The second-order valence-corrected chi connectivity index (χ2v) is 13.5. The summed E-state index contributed by atoms with van der Waals surface area (Å²) >= 11 is 0. The summed E-state index contributed by atoms with van der Waals surface area (Å²) in [4.78, 5) is 28.3. The highest BCUT2D eigenvalue weighted by Crippen LogP contribution is 2.22. The Morgan fingerprint density at radius 1 is 1.05 bits per heavy atom. The van der Waals surface area contributed by atoms with Crippen molar-refractivity contribution in [2.45, 2.75) is 69.1 Å². The van der Waals surface area contributed by atoms with Crippen LogP contribution in [0.2, 0.25) is 0 Å². The number of sulfonamides is 1. The summed E-state index contributed by atoms with van der Waals surface area (Å²) in [6.07, 6.45) is 1.03. The minimum absolute atomic E-state index is 0.0325. The van der Waals surface area contributed by atoms with Crippen molar-refractivity contribution >= 4 is 27.9 Å². The van der Waals surface area contributed by atoms with E-state index in [1.807, 2.05) is 44.2 Å². The Kier molecular flexibility index (Phi) is 11.7. The van der Waals surface area contributed by atoms with Crippen molar-refractivity contribution in [3.63, 3.8) is 0 Å². The van der Waals surface area contributed by atoms with Crippen LogP contribution in [0.15, 0.2) is 59.5 Å². The molecule has 0 radical (unpaired) electrons. The maximum absolute atomic E-state index is 13.9. The molecule has 2 aliphatic heterocycles. The van der Waals surface area contributed by atoms with Crippen molar-refractivity contribution < 1.29 is 32.2 Å². The van der Waals surface area contributed by atoms with E-state index >= 15 is 0 Å². The highest BCUT2D eigenvalue weighted by Gasteiger charge is 2.36. The van der Waals surface area contributed by atoms with Gasteiger partial charge in [-0.3, -0.25) is 0 Å². The molecule has 4 rings (SSSR count). The van der Waals surface area contributed by atoms with Crippen molar-refractivity contribution in [1.82, 2.24) is 14.5 Å². The number of hydrogen-bond donors (Lipinski definition) is 2. The number of benzene rings is 2. The molecule has 11 nitrogen and oxygen atoms in total. The van der Waals surface area contributed by atoms with Gasteiger partial charge < -0.3 is 30.2 Å². The van der Waals surface area contributed by atoms with Gasteiger partial charge in [0, 0.05) is 31.7 Å². The van der Waals surface area contributed by atoms with Gasteiger partial charge in [-0.05, 0) is 61.4 Å². The fourth-order valence-corrected chi connectivity index (χ4v) is 6.90. The van der Waals surface area contributed by atoms with Crippen LogP contribution in [0.5, 0.6) is 0 Å². The number of rotatable bonds is 12. The number of carbonyl (C=O) groups is 2. The van der Waals surface area contributed by atoms with Gasteiger partial charge in [0.1, 0.15) is 12.2 Å². The van der Waals surface area contributed by atoms with Gasteiger partial charge >= 0.3 is 12.2 Å². The molecule has 2 fully saturated rings. The third-order valence-electron chi connectivity index (χ3n) is 7.55. The van der Waals surface area contributed by atoms with Crippen molar-refractivity contribution in [1.29, 1.82) is 0 Å². The summed E-state index contributed by atoms with van der Waals surface area (Å²) in [6.45, 7) is 5.78. The molecule has 43 heavy (non-hydrogen) atoms. The lowest BCUT2D eigenvalue weighted by atomic mass is 10.0. The maximum Gasteiger partial charge on any atom is 0.410 e. The zero-order valence-electron chi connectivity index (χ0n) is 25.0. The second-order valence-electron chi connectivity index (χ2n) is 11.6. The van der Waals surface area contributed by atoms with E-state index in [2.05, 4.69) is 5.32 Å². The predicted molar refractivity (Wildman–Crippen MR) is 163 cm³/mol. The van der Waals surface area contributed by atoms with Gasteiger partial charge in [0.15, 0.2) is 0 Å². The lowest BCUT2D eigenvalue weighted by molar-refractivity contribution is 0.0263. The highest BCUT2D eigenvalue weighted by atomic mass is 32.2. The summed E-state index contributed by atoms with van der Waals surface area (Å²) in [6, 6.07) is 14.7. The number of nitrogens with one attached hydrogen (secondary N) is 1. The topological polar surface area (TPSA) is 140 Å². The van der Waals surface area contributed by atoms with Crippen molar-refractivity contribution in [2.75, 3.05) is 45.1 Å². The third kappa shape index (κ3) is 9.57. The molecule has 0 bridgehead atoms. The summed E-state index contributed by atoms with van der Waals surface area (Å²) in [5.41, 5.74) is 7.15. The lowest BCUT2D eigenvalue weighted by Gasteiger charge is -2.35. The molecule has 2 heterocycles. The van der Waals surface area contributed by atoms with Crippen LogP contribution in [0, 0.1) is 5.92 Å². The summed E-state index contributed by atoms with van der Waals surface area (Å²) in [5.74, 6) is -0.0325. The first kappa shape index (κ1) is 32.6. The summed E-state index contributed by atoms with van der Waals surface area (Å²) in [7, 11) is -4.01. The van der Waals surface area contributed by atoms with Gasteiger partial charge in [0.25, 0.3) is 0 Å². The molecular weight excluding hydrogens is 572 g/mol. The monoisotopic (exact) mass is 616 g/mol. The number of hydrogen-bond acceptors (Lipinski definition) is 8. The second kappa shape index (κ2) is 15.4. The van der Waals surface area contributed by atoms with E-state index in [4.69, 9.17) is 19.9 Å². The van der Waals surface area contributed by atoms with Gasteiger partial charge in [-0.2, -0.15) is 4.31 Å². The standard InChI is InChI=1S/C31H44N4O7S/c1-23(2)20-35(43(38,39)27-13-11-25(32)12-14-27)21-29(42-31(37)34-16-7-4-8-17-34)28(19-24-9-5-3-6-10-24)33-30(36)41-26-15-18-40-22-26/h3,5-6,9-14,23,26,28-29H,4,7-8,15-22,32H2,1-2H3,(H,33,36). The Morgan fingerprint density at radius 2 is 1.74 bits per heavy atom. The largest absolute Gasteiger partial charge is 0.444 e. The normalized spacial score (nSPS) is 18.8. The molecule has 236 valence electrons. The Labute approximate surface area is 254 Å². The van der Waals surface area contributed by atoms with Crippen LogP contribution in [0.4, 0.5) is 15.3 Å². The zero-order chi connectivity index (χ0) is 30.8. The van der Waals surface area contributed by atoms with Crippen LogP contribution in [-0.2, 0) is 30.7 Å². The minimum atomic E-state index is -4.01. The van der Waals surface area contributed by atoms with Crippen LogP contribution >= 0.6 is 0 Å². The number of carbonyl (C=O) groups excluding carboxylic acids is 2. The SMILES string of the molecule is CC(C)CN(CC(OC(=O)N1CCCCC1)C(Cc1ccccc1)NC(=O)OC1CCOC1)S(=O)(=O)c1ccc(N)cc1. The van der Waals surface area contributed by atoms with E-state index in [0.29, 0.717) is 38.4 Å². The summed E-state index contributed by atoms with van der Waals surface area (Å²) < 4.78 is 46.3. The van der Waals surface area contributed by atoms with E-state index in [1.165, 1.54) is 28.6 Å². The molecule has 0 aliphatic carbocycles. The third-order valence-corrected chi connectivity index (χ3v) is 9.39. The highest BCUT2D eigenvalue weighted by molar-refractivity contribution is 7.89. The number of nitrogens with two attached hydrogens (primary N) is 1. The van der Waals surface area contributed by atoms with Gasteiger partial charge in [-0.25, -0.2) is 18.0 Å². The predicted octanol–water partition coefficient (Wildman–Crippen LogP) is 4.03. The molecule has 0 aromatic heterocycles. The van der Waals surface area contributed by atoms with E-state index in [-0.39, 0.29) is 36.4 Å². The van der Waals surface area contributed by atoms with E-state index in [0.717, 1.165) is 24.8 Å². The average Bonchev–Trinajstić information content (AvgIpc) is 3.50. The van der Waals surface area contributed by atoms with Crippen LogP contribution in [0.3, 0.4) is 0 Å². The number of anilines is 1. The number of likely N-dealkylation sites (tertiary alicyclic amines) is 1. The number of amides is 2. The molecule has 3 N–H and O–H groups in total. The number of ether oxygens (including phenoxy) is 3. The average molecular weight is 617 g/mol. The molecule has 12 heteroatoms. The van der Waals surface area contributed by atoms with Gasteiger partial charge in [0.05, 0.1) is 30.7 Å². The van der Waals surface area contributed by atoms with Crippen molar-refractivity contribution in [3.8, 4) is 0 Å². The molecule has 2 amide bonds. The van der Waals surface area contributed by atoms with Gasteiger partial charge in [-0.15, -0.1) is 0 Å². The first-order valence-corrected chi connectivity index (χ1v) is 16.5. The smallest absolute Gasteiger partial charge is 0.410 e. The number of nitrogen functional groups attached to an aromatic ring is 1. The van der Waals surface area contributed by atoms with Crippen molar-refractivity contribution in [3.05, 3.63) is 60.2 Å². The van der Waals surface area contributed by atoms with Crippen LogP contribution in [0.25, 0.3) is 0 Å². The first-order chi connectivity index (χ1) is 20.6. The van der Waals surface area contributed by atoms with Crippen LogP contribution in [0.1, 0.15) is 45.1 Å². The Balaban J connectivity index is 1.67. The first-order valence-electron chi connectivity index (χ1n) is 15.0. The summed E-state index contributed by atoms with van der Waals surface area (Å²) in [5, 5.41) is 2.91. The quantitative estimate of drug-likeness (QED) is 0.341. The van der Waals surface area contributed by atoms with Gasteiger partial charge in [-0.1, -0.05) is 44.2 Å². The fourth-order valence-electron chi connectivity index (χ4n) is 5.28. The van der Waals surface area contributed by atoms with E-state index < -0.39 is 34.4 Å². The molecule has 2 aromatic carbocycles. The van der Waals surface area contributed by atoms with Gasteiger partial charge in [0.2, 0.25) is 10.0 Å². The minimum Gasteiger partial charge on any atom is -0.444 e. The Hall–Kier alpha value is -3.35. The molecule has 2 aromatic rings. The molecule has 2 aliphatic rings.